The van der Waals surface area contributed by atoms with E-state index in [2.05, 4.69) is 26.0 Å². The van der Waals surface area contributed by atoms with Crippen LogP contribution in [0.3, 0.4) is 0 Å². The van der Waals surface area contributed by atoms with Crippen LogP contribution in [0.15, 0.2) is 59.3 Å². The van der Waals surface area contributed by atoms with Crippen molar-refractivity contribution in [2.24, 2.45) is 0 Å². The third-order valence-electron chi connectivity index (χ3n) is 6.80. The number of methoxy groups -OCH3 is 1. The maximum Gasteiger partial charge on any atom is 0.165 e. The van der Waals surface area contributed by atoms with Crippen LogP contribution in [0, 0.1) is 0 Å². The van der Waals surface area contributed by atoms with Crippen molar-refractivity contribution in [1.29, 1.82) is 0 Å². The van der Waals surface area contributed by atoms with Gasteiger partial charge < -0.3 is 15.6 Å². The van der Waals surface area contributed by atoms with E-state index in [1.165, 1.54) is 0 Å². The molecule has 3 aromatic heterocycles. The van der Waals surface area contributed by atoms with Crippen molar-refractivity contribution in [3.63, 3.8) is 0 Å². The summed E-state index contributed by atoms with van der Waals surface area (Å²) in [5, 5.41) is 14.3. The Balaban J connectivity index is 1.50. The number of aliphatic hydroxyl groups is 1. The Labute approximate surface area is 200 Å². The first-order chi connectivity index (χ1) is 16.0. The molecule has 0 spiro atoms. The average molecular weight is 508 g/mol. The van der Waals surface area contributed by atoms with Gasteiger partial charge in [0.25, 0.3) is 0 Å². The number of hydrogen-bond donors (Lipinski definition) is 2. The third kappa shape index (κ3) is 3.92. The molecule has 33 heavy (non-hydrogen) atoms. The summed E-state index contributed by atoms with van der Waals surface area (Å²) in [6, 6.07) is 14.1. The fourth-order valence-electron chi connectivity index (χ4n) is 4.66. The topological polar surface area (TPSA) is 98.6 Å². The van der Waals surface area contributed by atoms with Gasteiger partial charge in [-0.15, -0.1) is 0 Å². The van der Waals surface area contributed by atoms with Crippen LogP contribution in [0.5, 0.6) is 0 Å². The number of anilines is 1. The molecule has 0 unspecified atom stereocenters. The van der Waals surface area contributed by atoms with E-state index in [9.17, 15) is 5.11 Å². The highest BCUT2D eigenvalue weighted by Gasteiger charge is 2.36. The Morgan fingerprint density at radius 1 is 1.12 bits per heavy atom. The summed E-state index contributed by atoms with van der Waals surface area (Å²) < 4.78 is 8.06. The van der Waals surface area contributed by atoms with Gasteiger partial charge in [-0.2, -0.15) is 9.61 Å². The number of nitrogen functional groups attached to an aromatic ring is 1. The number of aromatic nitrogens is 4. The molecule has 0 radical (unpaired) electrons. The maximum atomic E-state index is 9.78. The number of nitrogens with two attached hydrogens (primary N) is 1. The molecular weight excluding hydrogens is 482 g/mol. The van der Waals surface area contributed by atoms with E-state index in [1.54, 1.807) is 17.8 Å². The summed E-state index contributed by atoms with van der Waals surface area (Å²) in [6.45, 7) is 0.0325. The molecule has 7 nitrogen and oxygen atoms in total. The molecule has 5 rings (SSSR count). The van der Waals surface area contributed by atoms with Gasteiger partial charge in [0.15, 0.2) is 5.65 Å². The first kappa shape index (κ1) is 22.0. The largest absolute Gasteiger partial charge is 0.393 e. The first-order valence-corrected chi connectivity index (χ1v) is 11.8. The normalized spacial score (nSPS) is 20.9. The second-order valence-electron chi connectivity index (χ2n) is 8.61. The fraction of sp³-hybridized carbons (Fsp3) is 0.320. The molecule has 1 aromatic carbocycles. The van der Waals surface area contributed by atoms with Crippen LogP contribution in [0.4, 0.5) is 5.82 Å². The number of aliphatic hydroxyl groups excluding tert-OH is 1. The Hall–Kier alpha value is -2.81. The molecule has 3 heterocycles. The van der Waals surface area contributed by atoms with Crippen LogP contribution in [-0.2, 0) is 4.74 Å². The van der Waals surface area contributed by atoms with Crippen molar-refractivity contribution in [2.45, 2.75) is 37.2 Å². The lowest BCUT2D eigenvalue weighted by molar-refractivity contribution is -0.0785. The summed E-state index contributed by atoms with van der Waals surface area (Å²) in [5.41, 5.74) is 11.5. The van der Waals surface area contributed by atoms with Crippen molar-refractivity contribution < 1.29 is 9.84 Å². The van der Waals surface area contributed by atoms with E-state index in [4.69, 9.17) is 15.5 Å². The molecule has 0 aliphatic heterocycles. The predicted octanol–water partition coefficient (Wildman–Crippen LogP) is 4.84. The van der Waals surface area contributed by atoms with E-state index in [0.29, 0.717) is 11.5 Å². The van der Waals surface area contributed by atoms with Crippen molar-refractivity contribution in [3.05, 3.63) is 65.0 Å². The fourth-order valence-corrected chi connectivity index (χ4v) is 5.24. The summed E-state index contributed by atoms with van der Waals surface area (Å²) in [6.07, 6.45) is 6.94. The van der Waals surface area contributed by atoms with Crippen molar-refractivity contribution in [2.75, 3.05) is 19.5 Å². The predicted molar refractivity (Wildman–Crippen MR) is 132 cm³/mol. The summed E-state index contributed by atoms with van der Waals surface area (Å²) in [5.74, 6) is 0.753. The van der Waals surface area contributed by atoms with Crippen molar-refractivity contribution in [1.82, 2.24) is 19.6 Å². The lowest BCUT2D eigenvalue weighted by Crippen LogP contribution is -2.39. The van der Waals surface area contributed by atoms with Crippen LogP contribution >= 0.6 is 15.9 Å². The molecule has 4 aromatic rings. The second kappa shape index (κ2) is 8.85. The lowest BCUT2D eigenvalue weighted by atomic mass is 9.77. The van der Waals surface area contributed by atoms with Crippen LogP contribution in [0.2, 0.25) is 0 Å². The van der Waals surface area contributed by atoms with Gasteiger partial charge in [0.1, 0.15) is 5.82 Å². The molecule has 0 atom stereocenters. The van der Waals surface area contributed by atoms with Gasteiger partial charge in [-0.05, 0) is 47.7 Å². The Morgan fingerprint density at radius 3 is 2.52 bits per heavy atom. The van der Waals surface area contributed by atoms with E-state index >= 15 is 0 Å². The number of pyridine rings is 1. The maximum absolute atomic E-state index is 9.78. The zero-order valence-corrected chi connectivity index (χ0v) is 20.0. The zero-order valence-electron chi connectivity index (χ0n) is 18.4. The summed E-state index contributed by atoms with van der Waals surface area (Å²) >= 11 is 3.66. The van der Waals surface area contributed by atoms with Gasteiger partial charge in [0, 0.05) is 35.9 Å². The molecular formula is C25H26BrN5O2. The quantitative estimate of drug-likeness (QED) is 0.401. The van der Waals surface area contributed by atoms with Crippen molar-refractivity contribution >= 4 is 27.4 Å². The molecule has 1 saturated carbocycles. The van der Waals surface area contributed by atoms with Gasteiger partial charge in [0.05, 0.1) is 34.3 Å². The minimum atomic E-state index is -0.452. The Kier molecular flexibility index (Phi) is 5.90. The molecule has 3 N–H and O–H groups in total. The Morgan fingerprint density at radius 2 is 1.88 bits per heavy atom. The molecule has 0 bridgehead atoms. The number of fused-ring (bicyclic) bond motifs is 1. The number of ether oxygens (including phenoxy) is 1. The molecule has 1 aliphatic carbocycles. The third-order valence-corrected chi connectivity index (χ3v) is 7.61. The highest BCUT2D eigenvalue weighted by molar-refractivity contribution is 9.10. The molecule has 0 amide bonds. The summed E-state index contributed by atoms with van der Waals surface area (Å²) in [4.78, 5) is 9.67. The monoisotopic (exact) mass is 507 g/mol. The first-order valence-electron chi connectivity index (χ1n) is 11.1. The van der Waals surface area contributed by atoms with Crippen LogP contribution in [-0.4, -0.2) is 44.0 Å². The number of nitrogens with zero attached hydrogens (tertiary/aromatic N) is 4. The number of hydrogen-bond acceptors (Lipinski definition) is 6. The van der Waals surface area contributed by atoms with Crippen LogP contribution in [0.25, 0.3) is 28.0 Å². The van der Waals surface area contributed by atoms with Crippen LogP contribution in [0.1, 0.15) is 37.3 Å². The van der Waals surface area contributed by atoms with Gasteiger partial charge in [-0.1, -0.05) is 36.4 Å². The zero-order chi connectivity index (χ0) is 23.0. The smallest absolute Gasteiger partial charge is 0.165 e. The average Bonchev–Trinajstić information content (AvgIpc) is 3.31. The highest BCUT2D eigenvalue weighted by atomic mass is 79.9. The second-order valence-corrected chi connectivity index (χ2v) is 9.40. The minimum Gasteiger partial charge on any atom is -0.393 e. The van der Waals surface area contributed by atoms with E-state index < -0.39 is 5.60 Å². The summed E-state index contributed by atoms with van der Waals surface area (Å²) in [7, 11) is 1.67. The van der Waals surface area contributed by atoms with Crippen molar-refractivity contribution in [3.8, 4) is 22.4 Å². The minimum absolute atomic E-state index is 0.0325. The molecule has 1 fully saturated rings. The number of rotatable bonds is 5. The SMILES string of the molecule is COC1(CO)CCC(c2nc3c(-c4ccc(-c5ccccc5)nc4)cnn3c(N)c2Br)CC1. The van der Waals surface area contributed by atoms with Gasteiger partial charge in [0.2, 0.25) is 0 Å². The van der Waals surface area contributed by atoms with E-state index in [1.807, 2.05) is 48.7 Å². The van der Waals surface area contributed by atoms with Gasteiger partial charge in [-0.25, -0.2) is 4.98 Å². The highest BCUT2D eigenvalue weighted by Crippen LogP contribution is 2.42. The lowest BCUT2D eigenvalue weighted by Gasteiger charge is -2.37. The van der Waals surface area contributed by atoms with E-state index in [-0.39, 0.29) is 12.5 Å². The molecule has 1 aliphatic rings. The standard InChI is InChI=1S/C25H26BrN5O2/c1-33-25(15-32)11-9-17(10-12-25)22-21(26)23(27)31-24(30-22)19(14-29-31)18-7-8-20(28-13-18)16-5-3-2-4-6-16/h2-8,13-14,17,32H,9-12,15,27H2,1H3. The molecule has 170 valence electrons. The van der Waals surface area contributed by atoms with Crippen LogP contribution < -0.4 is 5.73 Å². The number of benzene rings is 1. The number of halogens is 1. The molecule has 0 saturated heterocycles. The van der Waals surface area contributed by atoms with Gasteiger partial charge >= 0.3 is 0 Å². The molecule has 8 heteroatoms. The Bertz CT molecular complexity index is 1260. The van der Waals surface area contributed by atoms with E-state index in [0.717, 1.165) is 58.2 Å². The van der Waals surface area contributed by atoms with Gasteiger partial charge in [-0.3, -0.25) is 4.98 Å².